The van der Waals surface area contributed by atoms with Gasteiger partial charge in [-0.3, -0.25) is 4.79 Å². The van der Waals surface area contributed by atoms with Crippen LogP contribution in [0.4, 0.5) is 23.2 Å². The first-order valence-corrected chi connectivity index (χ1v) is 7.56. The third kappa shape index (κ3) is 3.00. The van der Waals surface area contributed by atoms with Crippen molar-refractivity contribution in [2.24, 2.45) is 0 Å². The molecule has 0 unspecified atom stereocenters. The first kappa shape index (κ1) is 16.5. The maximum atomic E-state index is 13.4. The van der Waals surface area contributed by atoms with Gasteiger partial charge >= 0.3 is 6.18 Å². The fourth-order valence-corrected chi connectivity index (χ4v) is 3.00. The zero-order valence-electron chi connectivity index (χ0n) is 12.9. The summed E-state index contributed by atoms with van der Waals surface area (Å²) in [6.45, 7) is 1.83. The van der Waals surface area contributed by atoms with Crippen molar-refractivity contribution < 1.29 is 22.4 Å². The molecule has 0 radical (unpaired) electrons. The zero-order chi connectivity index (χ0) is 17.5. The fourth-order valence-electron chi connectivity index (χ4n) is 3.00. The molecule has 1 aliphatic heterocycles. The highest BCUT2D eigenvalue weighted by molar-refractivity contribution is 6.07. The van der Waals surface area contributed by atoms with Gasteiger partial charge in [0.05, 0.1) is 5.56 Å². The molecule has 1 atom stereocenters. The minimum Gasteiger partial charge on any atom is -0.305 e. The van der Waals surface area contributed by atoms with Gasteiger partial charge in [0.15, 0.2) is 0 Å². The van der Waals surface area contributed by atoms with Crippen molar-refractivity contribution in [1.29, 1.82) is 0 Å². The average molecular weight is 337 g/mol. The second-order valence-corrected chi connectivity index (χ2v) is 5.91. The van der Waals surface area contributed by atoms with Crippen LogP contribution in [0.2, 0.25) is 0 Å². The van der Waals surface area contributed by atoms with Crippen LogP contribution in [0.15, 0.2) is 42.5 Å². The van der Waals surface area contributed by atoms with Crippen LogP contribution in [0.25, 0.3) is 0 Å². The van der Waals surface area contributed by atoms with Crippen molar-refractivity contribution in [2.45, 2.75) is 32.0 Å². The molecule has 2 nitrogen and oxygen atoms in total. The molecule has 0 bridgehead atoms. The highest BCUT2D eigenvalue weighted by atomic mass is 19.4. The van der Waals surface area contributed by atoms with Gasteiger partial charge in [-0.1, -0.05) is 6.07 Å². The van der Waals surface area contributed by atoms with E-state index in [4.69, 9.17) is 0 Å². The number of benzene rings is 2. The summed E-state index contributed by atoms with van der Waals surface area (Å²) in [6.07, 6.45) is -3.26. The van der Waals surface area contributed by atoms with Gasteiger partial charge in [-0.05, 0) is 61.7 Å². The highest BCUT2D eigenvalue weighted by Crippen LogP contribution is 2.34. The van der Waals surface area contributed by atoms with Crippen LogP contribution in [0.5, 0.6) is 0 Å². The van der Waals surface area contributed by atoms with Crippen LogP contribution in [0.1, 0.15) is 34.8 Å². The van der Waals surface area contributed by atoms with Crippen LogP contribution < -0.4 is 4.90 Å². The molecule has 0 saturated heterocycles. The van der Waals surface area contributed by atoms with Crippen molar-refractivity contribution in [3.63, 3.8) is 0 Å². The second kappa shape index (κ2) is 5.92. The molecule has 0 aliphatic carbocycles. The molecule has 2 aromatic carbocycles. The smallest absolute Gasteiger partial charge is 0.305 e. The number of nitrogens with zero attached hydrogens (tertiary/aromatic N) is 1. The van der Waals surface area contributed by atoms with Crippen LogP contribution in [0.3, 0.4) is 0 Å². The van der Waals surface area contributed by atoms with Gasteiger partial charge in [-0.15, -0.1) is 0 Å². The Bertz CT molecular complexity index is 785. The zero-order valence-corrected chi connectivity index (χ0v) is 12.9. The Kier molecular flexibility index (Phi) is 4.07. The van der Waals surface area contributed by atoms with E-state index >= 15 is 0 Å². The average Bonchev–Trinajstić information content (AvgIpc) is 2.54. The summed E-state index contributed by atoms with van der Waals surface area (Å²) < 4.78 is 52.0. The summed E-state index contributed by atoms with van der Waals surface area (Å²) in [4.78, 5) is 14.3. The third-order valence-corrected chi connectivity index (χ3v) is 4.23. The SMILES string of the molecule is C[C@@H]1CCc2cc(F)ccc2N1C(=O)c1cccc(C(F)(F)F)c1. The predicted molar refractivity (Wildman–Crippen MR) is 82.4 cm³/mol. The summed E-state index contributed by atoms with van der Waals surface area (Å²) in [6, 6.07) is 8.32. The number of anilines is 1. The van der Waals surface area contributed by atoms with E-state index in [0.29, 0.717) is 24.1 Å². The minimum absolute atomic E-state index is 0.0335. The lowest BCUT2D eigenvalue weighted by molar-refractivity contribution is -0.137. The summed E-state index contributed by atoms with van der Waals surface area (Å²) in [7, 11) is 0. The molecule has 0 saturated carbocycles. The van der Waals surface area contributed by atoms with Gasteiger partial charge in [0.25, 0.3) is 5.91 Å². The van der Waals surface area contributed by atoms with Crippen LogP contribution in [0, 0.1) is 5.82 Å². The number of carbonyl (C=O) groups is 1. The lowest BCUT2D eigenvalue weighted by Gasteiger charge is -2.35. The predicted octanol–water partition coefficient (Wildman–Crippen LogP) is 4.83. The van der Waals surface area contributed by atoms with E-state index in [9.17, 15) is 22.4 Å². The molecule has 126 valence electrons. The summed E-state index contributed by atoms with van der Waals surface area (Å²) in [5.41, 5.74) is 0.345. The number of alkyl halides is 3. The first-order valence-electron chi connectivity index (χ1n) is 7.56. The molecule has 0 fully saturated rings. The standard InChI is InChI=1S/C18H15F4NO/c1-11-5-6-12-10-15(19)7-8-16(12)23(11)17(24)13-3-2-4-14(9-13)18(20,21)22/h2-4,7-11H,5-6H2,1H3/t11-/m1/s1. The van der Waals surface area contributed by atoms with E-state index in [1.165, 1.54) is 35.2 Å². The van der Waals surface area contributed by atoms with Gasteiger partial charge < -0.3 is 4.90 Å². The number of amides is 1. The maximum Gasteiger partial charge on any atom is 0.416 e. The summed E-state index contributed by atoms with van der Waals surface area (Å²) >= 11 is 0. The van der Waals surface area contributed by atoms with Crippen molar-refractivity contribution in [3.05, 3.63) is 65.0 Å². The van der Waals surface area contributed by atoms with E-state index in [0.717, 1.165) is 12.1 Å². The van der Waals surface area contributed by atoms with Crippen molar-refractivity contribution in [3.8, 4) is 0 Å². The molecule has 1 aliphatic rings. The number of aryl methyl sites for hydroxylation is 1. The molecule has 2 aromatic rings. The van der Waals surface area contributed by atoms with E-state index in [2.05, 4.69) is 0 Å². The van der Waals surface area contributed by atoms with Crippen LogP contribution in [-0.4, -0.2) is 11.9 Å². The monoisotopic (exact) mass is 337 g/mol. The number of hydrogen-bond donors (Lipinski definition) is 0. The number of rotatable bonds is 1. The molecule has 0 spiro atoms. The molecule has 1 heterocycles. The van der Waals surface area contributed by atoms with Crippen LogP contribution in [-0.2, 0) is 12.6 Å². The minimum atomic E-state index is -4.51. The molecule has 0 N–H and O–H groups in total. The Morgan fingerprint density at radius 1 is 1.17 bits per heavy atom. The Hall–Kier alpha value is -2.37. The van der Waals surface area contributed by atoms with E-state index in [1.54, 1.807) is 0 Å². The Morgan fingerprint density at radius 3 is 2.62 bits per heavy atom. The van der Waals surface area contributed by atoms with Gasteiger partial charge in [-0.25, -0.2) is 4.39 Å². The van der Waals surface area contributed by atoms with Crippen molar-refractivity contribution in [2.75, 3.05) is 4.90 Å². The number of fused-ring (bicyclic) bond motifs is 1. The third-order valence-electron chi connectivity index (χ3n) is 4.23. The molecule has 1 amide bonds. The Labute approximate surface area is 136 Å². The number of hydrogen-bond acceptors (Lipinski definition) is 1. The van der Waals surface area contributed by atoms with Gasteiger partial charge in [-0.2, -0.15) is 13.2 Å². The normalized spacial score (nSPS) is 17.5. The lowest BCUT2D eigenvalue weighted by atomic mass is 9.95. The summed E-state index contributed by atoms with van der Waals surface area (Å²) in [5.74, 6) is -0.907. The Balaban J connectivity index is 2.01. The van der Waals surface area contributed by atoms with Crippen molar-refractivity contribution >= 4 is 11.6 Å². The first-order chi connectivity index (χ1) is 11.3. The van der Waals surface area contributed by atoms with E-state index in [-0.39, 0.29) is 11.6 Å². The molecular weight excluding hydrogens is 322 g/mol. The highest BCUT2D eigenvalue weighted by Gasteiger charge is 2.33. The molecule has 0 aromatic heterocycles. The van der Waals surface area contributed by atoms with Gasteiger partial charge in [0, 0.05) is 17.3 Å². The van der Waals surface area contributed by atoms with Gasteiger partial charge in [0.1, 0.15) is 5.82 Å². The van der Waals surface area contributed by atoms with E-state index in [1.807, 2.05) is 6.92 Å². The fraction of sp³-hybridized carbons (Fsp3) is 0.278. The van der Waals surface area contributed by atoms with E-state index < -0.39 is 23.5 Å². The largest absolute Gasteiger partial charge is 0.416 e. The molecular formula is C18H15F4NO. The second-order valence-electron chi connectivity index (χ2n) is 5.91. The number of carbonyl (C=O) groups excluding carboxylic acids is 1. The van der Waals surface area contributed by atoms with Crippen molar-refractivity contribution in [1.82, 2.24) is 0 Å². The van der Waals surface area contributed by atoms with Gasteiger partial charge in [0.2, 0.25) is 0 Å². The summed E-state index contributed by atoms with van der Waals surface area (Å²) in [5, 5.41) is 0. The van der Waals surface area contributed by atoms with Crippen LogP contribution >= 0.6 is 0 Å². The molecule has 3 rings (SSSR count). The number of halogens is 4. The maximum absolute atomic E-state index is 13.4. The molecule has 24 heavy (non-hydrogen) atoms. The Morgan fingerprint density at radius 2 is 1.92 bits per heavy atom. The topological polar surface area (TPSA) is 20.3 Å². The lowest BCUT2D eigenvalue weighted by Crippen LogP contribution is -2.42. The molecule has 6 heteroatoms. The quantitative estimate of drug-likeness (QED) is 0.683.